The third kappa shape index (κ3) is 2.29. The minimum atomic E-state index is -0.306. The van der Waals surface area contributed by atoms with Gasteiger partial charge < -0.3 is 4.42 Å². The SMILES string of the molecule is Cc1cccc2cc(C(NN)c3ccc(Cl)cn3)oc12. The van der Waals surface area contributed by atoms with Gasteiger partial charge in [0, 0.05) is 11.6 Å². The van der Waals surface area contributed by atoms with Gasteiger partial charge >= 0.3 is 0 Å². The van der Waals surface area contributed by atoms with E-state index in [0.29, 0.717) is 5.02 Å². The van der Waals surface area contributed by atoms with Gasteiger partial charge in [0.15, 0.2) is 0 Å². The Bertz CT molecular complexity index is 736. The Morgan fingerprint density at radius 3 is 2.80 bits per heavy atom. The first-order valence-electron chi connectivity index (χ1n) is 6.25. The van der Waals surface area contributed by atoms with E-state index in [9.17, 15) is 0 Å². The van der Waals surface area contributed by atoms with E-state index in [4.69, 9.17) is 21.9 Å². The maximum Gasteiger partial charge on any atom is 0.137 e. The van der Waals surface area contributed by atoms with Crippen LogP contribution in [0.4, 0.5) is 0 Å². The van der Waals surface area contributed by atoms with Crippen LogP contribution in [0.5, 0.6) is 0 Å². The number of hydrogen-bond acceptors (Lipinski definition) is 4. The molecule has 0 fully saturated rings. The van der Waals surface area contributed by atoms with Gasteiger partial charge in [0.05, 0.1) is 10.7 Å². The molecule has 1 unspecified atom stereocenters. The highest BCUT2D eigenvalue weighted by Crippen LogP contribution is 2.29. The third-order valence-electron chi connectivity index (χ3n) is 3.26. The Hall–Kier alpha value is -1.88. The van der Waals surface area contributed by atoms with Gasteiger partial charge in [-0.15, -0.1) is 0 Å². The number of hydrogen-bond donors (Lipinski definition) is 2. The molecule has 4 nitrogen and oxygen atoms in total. The predicted octanol–water partition coefficient (Wildman–Crippen LogP) is 3.34. The van der Waals surface area contributed by atoms with Crippen molar-refractivity contribution in [2.45, 2.75) is 13.0 Å². The molecule has 0 aliphatic rings. The molecule has 0 radical (unpaired) electrons. The van der Waals surface area contributed by atoms with Crippen LogP contribution in [0.25, 0.3) is 11.0 Å². The molecule has 0 spiro atoms. The fraction of sp³-hybridized carbons (Fsp3) is 0.133. The minimum Gasteiger partial charge on any atom is -0.459 e. The average molecular weight is 288 g/mol. The number of nitrogens with one attached hydrogen (secondary N) is 1. The number of benzene rings is 1. The Kier molecular flexibility index (Phi) is 3.44. The van der Waals surface area contributed by atoms with E-state index < -0.39 is 0 Å². The lowest BCUT2D eigenvalue weighted by atomic mass is 10.1. The van der Waals surface area contributed by atoms with Crippen molar-refractivity contribution >= 4 is 22.6 Å². The van der Waals surface area contributed by atoms with Gasteiger partial charge in [-0.1, -0.05) is 29.8 Å². The summed E-state index contributed by atoms with van der Waals surface area (Å²) in [5.74, 6) is 6.38. The standard InChI is InChI=1S/C15H14ClN3O/c1-9-3-2-4-10-7-13(20-15(9)10)14(19-17)12-6-5-11(16)8-18-12/h2-8,14,19H,17H2,1H3. The largest absolute Gasteiger partial charge is 0.459 e. The minimum absolute atomic E-state index is 0.306. The third-order valence-corrected chi connectivity index (χ3v) is 3.48. The van der Waals surface area contributed by atoms with Crippen LogP contribution in [-0.2, 0) is 0 Å². The van der Waals surface area contributed by atoms with Crippen LogP contribution in [-0.4, -0.2) is 4.98 Å². The molecule has 5 heteroatoms. The van der Waals surface area contributed by atoms with Crippen LogP contribution < -0.4 is 11.3 Å². The maximum absolute atomic E-state index is 5.92. The van der Waals surface area contributed by atoms with Gasteiger partial charge in [0.25, 0.3) is 0 Å². The first kappa shape index (κ1) is 13.1. The van der Waals surface area contributed by atoms with E-state index in [0.717, 1.165) is 28.0 Å². The molecule has 20 heavy (non-hydrogen) atoms. The zero-order chi connectivity index (χ0) is 14.1. The molecule has 0 saturated heterocycles. The van der Waals surface area contributed by atoms with Crippen molar-refractivity contribution in [1.29, 1.82) is 0 Å². The Morgan fingerprint density at radius 2 is 2.15 bits per heavy atom. The van der Waals surface area contributed by atoms with Crippen molar-refractivity contribution < 1.29 is 4.42 Å². The van der Waals surface area contributed by atoms with Crippen LogP contribution in [0.15, 0.2) is 47.0 Å². The van der Waals surface area contributed by atoms with E-state index in [1.54, 1.807) is 12.3 Å². The Balaban J connectivity index is 2.07. The molecule has 102 valence electrons. The molecular formula is C15H14ClN3O. The fourth-order valence-electron chi connectivity index (χ4n) is 2.24. The van der Waals surface area contributed by atoms with Crippen molar-refractivity contribution in [3.05, 3.63) is 64.6 Å². The molecule has 3 N–H and O–H groups in total. The van der Waals surface area contributed by atoms with Crippen LogP contribution in [0.2, 0.25) is 5.02 Å². The number of aromatic nitrogens is 1. The average Bonchev–Trinajstić information content (AvgIpc) is 2.87. The molecule has 0 amide bonds. The smallest absolute Gasteiger partial charge is 0.137 e. The molecule has 3 aromatic rings. The van der Waals surface area contributed by atoms with Gasteiger partial charge in [0.2, 0.25) is 0 Å². The monoisotopic (exact) mass is 287 g/mol. The van der Waals surface area contributed by atoms with Crippen molar-refractivity contribution in [2.75, 3.05) is 0 Å². The van der Waals surface area contributed by atoms with Gasteiger partial charge in [-0.05, 0) is 30.7 Å². The highest BCUT2D eigenvalue weighted by atomic mass is 35.5. The molecule has 0 bridgehead atoms. The number of furan rings is 1. The molecule has 0 aliphatic heterocycles. The molecule has 0 aliphatic carbocycles. The van der Waals surface area contributed by atoms with E-state index >= 15 is 0 Å². The summed E-state index contributed by atoms with van der Waals surface area (Å²) in [5.41, 5.74) is 5.46. The molecule has 0 saturated carbocycles. The Labute approximate surface area is 121 Å². The first-order valence-corrected chi connectivity index (χ1v) is 6.63. The summed E-state index contributed by atoms with van der Waals surface area (Å²) in [6.45, 7) is 2.01. The summed E-state index contributed by atoms with van der Waals surface area (Å²) in [4.78, 5) is 4.28. The zero-order valence-electron chi connectivity index (χ0n) is 10.9. The van der Waals surface area contributed by atoms with Crippen LogP contribution >= 0.6 is 11.6 Å². The molecule has 1 aromatic carbocycles. The lowest BCUT2D eigenvalue weighted by Gasteiger charge is -2.12. The summed E-state index contributed by atoms with van der Waals surface area (Å²) >= 11 is 5.85. The summed E-state index contributed by atoms with van der Waals surface area (Å²) in [6, 6.07) is 11.3. The van der Waals surface area contributed by atoms with E-state index in [1.165, 1.54) is 0 Å². The van der Waals surface area contributed by atoms with Crippen LogP contribution in [0, 0.1) is 6.92 Å². The van der Waals surface area contributed by atoms with Gasteiger partial charge in [0.1, 0.15) is 17.4 Å². The lowest BCUT2D eigenvalue weighted by Crippen LogP contribution is -2.29. The highest BCUT2D eigenvalue weighted by molar-refractivity contribution is 6.30. The van der Waals surface area contributed by atoms with Crippen molar-refractivity contribution in [3.8, 4) is 0 Å². The lowest BCUT2D eigenvalue weighted by molar-refractivity contribution is 0.470. The van der Waals surface area contributed by atoms with Crippen molar-refractivity contribution in [2.24, 2.45) is 5.84 Å². The molecule has 1 atom stereocenters. The van der Waals surface area contributed by atoms with Gasteiger partial charge in [-0.2, -0.15) is 0 Å². The zero-order valence-corrected chi connectivity index (χ0v) is 11.7. The van der Waals surface area contributed by atoms with E-state index in [-0.39, 0.29) is 6.04 Å². The number of halogens is 1. The number of hydrazine groups is 1. The molecule has 3 rings (SSSR count). The van der Waals surface area contributed by atoms with Gasteiger partial charge in [-0.25, -0.2) is 5.43 Å². The molecule has 2 aromatic heterocycles. The number of para-hydroxylation sites is 1. The van der Waals surface area contributed by atoms with Crippen LogP contribution in [0.3, 0.4) is 0 Å². The number of fused-ring (bicyclic) bond motifs is 1. The van der Waals surface area contributed by atoms with Crippen LogP contribution in [0.1, 0.15) is 23.1 Å². The molecular weight excluding hydrogens is 274 g/mol. The number of nitrogens with two attached hydrogens (primary N) is 1. The summed E-state index contributed by atoms with van der Waals surface area (Å²) in [7, 11) is 0. The predicted molar refractivity (Wildman–Crippen MR) is 79.4 cm³/mol. The topological polar surface area (TPSA) is 64.1 Å². The second kappa shape index (κ2) is 5.25. The number of nitrogens with zero attached hydrogens (tertiary/aromatic N) is 1. The fourth-order valence-corrected chi connectivity index (χ4v) is 2.35. The molecule has 2 heterocycles. The number of aryl methyl sites for hydroxylation is 1. The summed E-state index contributed by atoms with van der Waals surface area (Å²) in [5, 5.41) is 1.64. The second-order valence-corrected chi connectivity index (χ2v) is 5.08. The first-order chi connectivity index (χ1) is 9.69. The highest BCUT2D eigenvalue weighted by Gasteiger charge is 2.19. The van der Waals surface area contributed by atoms with Crippen molar-refractivity contribution in [1.82, 2.24) is 10.4 Å². The number of rotatable bonds is 3. The van der Waals surface area contributed by atoms with E-state index in [2.05, 4.69) is 10.4 Å². The quantitative estimate of drug-likeness (QED) is 0.573. The van der Waals surface area contributed by atoms with Gasteiger partial charge in [-0.3, -0.25) is 10.8 Å². The van der Waals surface area contributed by atoms with E-state index in [1.807, 2.05) is 37.3 Å². The normalized spacial score (nSPS) is 12.8. The van der Waals surface area contributed by atoms with Crippen molar-refractivity contribution in [3.63, 3.8) is 0 Å². The maximum atomic E-state index is 5.92. The second-order valence-electron chi connectivity index (χ2n) is 4.64. The summed E-state index contributed by atoms with van der Waals surface area (Å²) in [6.07, 6.45) is 1.59. The number of pyridine rings is 1. The summed E-state index contributed by atoms with van der Waals surface area (Å²) < 4.78 is 5.92. The Morgan fingerprint density at radius 1 is 1.30 bits per heavy atom.